The molecule has 3 aromatic rings. The van der Waals surface area contributed by atoms with Crippen molar-refractivity contribution in [1.29, 1.82) is 0 Å². The molecular weight excluding hydrogens is 459 g/mol. The Kier molecular flexibility index (Phi) is 7.12. The van der Waals surface area contributed by atoms with Crippen LogP contribution < -0.4 is 9.62 Å². The number of nitrogens with zero attached hydrogens (tertiary/aromatic N) is 1. The van der Waals surface area contributed by atoms with Gasteiger partial charge in [0, 0.05) is 5.69 Å². The van der Waals surface area contributed by atoms with Crippen LogP contribution in [0.15, 0.2) is 77.7 Å². The van der Waals surface area contributed by atoms with Crippen molar-refractivity contribution in [3.63, 3.8) is 0 Å². The van der Waals surface area contributed by atoms with Crippen LogP contribution in [0, 0.1) is 5.82 Å². The number of esters is 1. The van der Waals surface area contributed by atoms with E-state index in [1.54, 1.807) is 18.2 Å². The molecule has 3 rings (SSSR count). The molecule has 0 aliphatic carbocycles. The van der Waals surface area contributed by atoms with Crippen LogP contribution in [0.1, 0.15) is 10.4 Å². The van der Waals surface area contributed by atoms with Gasteiger partial charge in [-0.05, 0) is 54.6 Å². The number of sulfonamides is 1. The summed E-state index contributed by atoms with van der Waals surface area (Å²) >= 11 is 5.84. The van der Waals surface area contributed by atoms with Crippen LogP contribution in [0.3, 0.4) is 0 Å². The summed E-state index contributed by atoms with van der Waals surface area (Å²) < 4.78 is 45.5. The van der Waals surface area contributed by atoms with Crippen molar-refractivity contribution in [1.82, 2.24) is 0 Å². The molecule has 7 nitrogen and oxygen atoms in total. The van der Waals surface area contributed by atoms with Crippen LogP contribution >= 0.6 is 11.6 Å². The molecule has 166 valence electrons. The highest BCUT2D eigenvalue weighted by atomic mass is 35.5. The Morgan fingerprint density at radius 3 is 2.28 bits per heavy atom. The molecule has 0 aromatic heterocycles. The van der Waals surface area contributed by atoms with Crippen LogP contribution in [0.4, 0.5) is 15.8 Å². The summed E-state index contributed by atoms with van der Waals surface area (Å²) in [5.41, 5.74) is 0.660. The van der Waals surface area contributed by atoms with Gasteiger partial charge in [-0.15, -0.1) is 0 Å². The van der Waals surface area contributed by atoms with Crippen molar-refractivity contribution >= 4 is 44.9 Å². The average Bonchev–Trinajstić information content (AvgIpc) is 2.80. The van der Waals surface area contributed by atoms with Crippen molar-refractivity contribution in [2.45, 2.75) is 4.90 Å². The van der Waals surface area contributed by atoms with Crippen molar-refractivity contribution in [3.8, 4) is 0 Å². The van der Waals surface area contributed by atoms with Gasteiger partial charge in [0.1, 0.15) is 12.4 Å². The molecular formula is C22H18ClFN2O5S. The lowest BCUT2D eigenvalue weighted by atomic mass is 10.2. The standard InChI is InChI=1S/C22H18ClFN2O5S/c1-31-22(28)15-7-9-16(10-8-15)25-21(27)14-26(17-11-12-20(24)19(23)13-17)32(29,30)18-5-3-2-4-6-18/h2-13H,14H2,1H3,(H,25,27). The quantitative estimate of drug-likeness (QED) is 0.518. The van der Waals surface area contributed by atoms with Gasteiger partial charge in [0.2, 0.25) is 5.91 Å². The molecule has 3 aromatic carbocycles. The highest BCUT2D eigenvalue weighted by Crippen LogP contribution is 2.27. The number of nitrogens with one attached hydrogen (secondary N) is 1. The monoisotopic (exact) mass is 476 g/mol. The number of anilines is 2. The smallest absolute Gasteiger partial charge is 0.337 e. The summed E-state index contributed by atoms with van der Waals surface area (Å²) in [6, 6.07) is 16.8. The van der Waals surface area contributed by atoms with Gasteiger partial charge >= 0.3 is 5.97 Å². The van der Waals surface area contributed by atoms with Crippen LogP contribution in [0.2, 0.25) is 5.02 Å². The highest BCUT2D eigenvalue weighted by Gasteiger charge is 2.27. The fourth-order valence-corrected chi connectivity index (χ4v) is 4.42. The minimum Gasteiger partial charge on any atom is -0.465 e. The number of ether oxygens (including phenoxy) is 1. The van der Waals surface area contributed by atoms with E-state index in [4.69, 9.17) is 11.6 Å². The fourth-order valence-electron chi connectivity index (χ4n) is 2.81. The topological polar surface area (TPSA) is 92.8 Å². The molecule has 0 spiro atoms. The van der Waals surface area contributed by atoms with Gasteiger partial charge in [0.05, 0.1) is 28.3 Å². The van der Waals surface area contributed by atoms with E-state index in [0.29, 0.717) is 11.3 Å². The maximum atomic E-state index is 13.6. The Bertz CT molecular complexity index is 1230. The summed E-state index contributed by atoms with van der Waals surface area (Å²) in [6.07, 6.45) is 0. The molecule has 0 atom stereocenters. The van der Waals surface area contributed by atoms with Crippen LogP contribution in [0.25, 0.3) is 0 Å². The molecule has 32 heavy (non-hydrogen) atoms. The lowest BCUT2D eigenvalue weighted by molar-refractivity contribution is -0.114. The van der Waals surface area contributed by atoms with Crippen molar-refractivity contribution in [2.24, 2.45) is 0 Å². The second-order valence-corrected chi connectivity index (χ2v) is 8.81. The van der Waals surface area contributed by atoms with Gasteiger partial charge < -0.3 is 10.1 Å². The van der Waals surface area contributed by atoms with Gasteiger partial charge in [0.15, 0.2) is 0 Å². The molecule has 0 unspecified atom stereocenters. The van der Waals surface area contributed by atoms with E-state index in [0.717, 1.165) is 16.4 Å². The van der Waals surface area contributed by atoms with Gasteiger partial charge in [-0.25, -0.2) is 17.6 Å². The number of amides is 1. The summed E-state index contributed by atoms with van der Waals surface area (Å²) in [5, 5.41) is 2.29. The summed E-state index contributed by atoms with van der Waals surface area (Å²) in [6.45, 7) is -0.599. The first kappa shape index (κ1) is 23.2. The second-order valence-electron chi connectivity index (χ2n) is 6.54. The van der Waals surface area contributed by atoms with Gasteiger partial charge in [-0.1, -0.05) is 29.8 Å². The lowest BCUT2D eigenvalue weighted by Crippen LogP contribution is -2.38. The summed E-state index contributed by atoms with van der Waals surface area (Å²) in [7, 11) is -2.91. The summed E-state index contributed by atoms with van der Waals surface area (Å²) in [4.78, 5) is 24.2. The third kappa shape index (κ3) is 5.24. The Labute approximate surface area is 189 Å². The maximum Gasteiger partial charge on any atom is 0.337 e. The van der Waals surface area contributed by atoms with Crippen molar-refractivity contribution in [3.05, 3.63) is 89.2 Å². The molecule has 0 bridgehead atoms. The van der Waals surface area contributed by atoms with Crippen LogP contribution in [-0.4, -0.2) is 33.9 Å². The SMILES string of the molecule is COC(=O)c1ccc(NC(=O)CN(c2ccc(F)c(Cl)c2)S(=O)(=O)c2ccccc2)cc1. The third-order valence-electron chi connectivity index (χ3n) is 4.40. The Morgan fingerprint density at radius 1 is 1.03 bits per heavy atom. The van der Waals surface area contributed by atoms with Crippen molar-refractivity contribution in [2.75, 3.05) is 23.3 Å². The molecule has 0 radical (unpaired) electrons. The van der Waals surface area contributed by atoms with E-state index in [-0.39, 0.29) is 15.6 Å². The van der Waals surface area contributed by atoms with Crippen molar-refractivity contribution < 1.29 is 27.1 Å². The number of carbonyl (C=O) groups excluding carboxylic acids is 2. The molecule has 10 heteroatoms. The molecule has 0 aliphatic rings. The zero-order chi connectivity index (χ0) is 23.3. The first-order valence-corrected chi connectivity index (χ1v) is 11.1. The number of hydrogen-bond acceptors (Lipinski definition) is 5. The second kappa shape index (κ2) is 9.80. The van der Waals surface area contributed by atoms with Crippen LogP contribution in [0.5, 0.6) is 0 Å². The van der Waals surface area contributed by atoms with Gasteiger partial charge in [-0.3, -0.25) is 9.10 Å². The number of hydrogen-bond donors (Lipinski definition) is 1. The van der Waals surface area contributed by atoms with E-state index in [1.165, 1.54) is 49.6 Å². The normalized spacial score (nSPS) is 11.0. The van der Waals surface area contributed by atoms with E-state index in [1.807, 2.05) is 0 Å². The molecule has 1 N–H and O–H groups in total. The molecule has 0 saturated carbocycles. The first-order valence-electron chi connectivity index (χ1n) is 9.23. The molecule has 1 amide bonds. The number of methoxy groups -OCH3 is 1. The Balaban J connectivity index is 1.89. The van der Waals surface area contributed by atoms with Crippen LogP contribution in [-0.2, 0) is 19.6 Å². The minimum absolute atomic E-state index is 0.0245. The van der Waals surface area contributed by atoms with E-state index < -0.39 is 34.3 Å². The predicted octanol–water partition coefficient (Wildman–Crippen LogP) is 4.10. The molecule has 0 heterocycles. The molecule has 0 saturated heterocycles. The third-order valence-corrected chi connectivity index (χ3v) is 6.48. The largest absolute Gasteiger partial charge is 0.465 e. The number of carbonyl (C=O) groups is 2. The summed E-state index contributed by atoms with van der Waals surface area (Å²) in [5.74, 6) is -1.91. The van der Waals surface area contributed by atoms with Gasteiger partial charge in [-0.2, -0.15) is 0 Å². The predicted molar refractivity (Wildman–Crippen MR) is 119 cm³/mol. The Morgan fingerprint density at radius 2 is 1.69 bits per heavy atom. The highest BCUT2D eigenvalue weighted by molar-refractivity contribution is 7.92. The Hall–Kier alpha value is -3.43. The van der Waals surface area contributed by atoms with Gasteiger partial charge in [0.25, 0.3) is 10.0 Å². The average molecular weight is 477 g/mol. The van der Waals surface area contributed by atoms with E-state index in [2.05, 4.69) is 10.1 Å². The molecule has 0 fully saturated rings. The van der Waals surface area contributed by atoms with E-state index >= 15 is 0 Å². The molecule has 0 aliphatic heterocycles. The fraction of sp³-hybridized carbons (Fsp3) is 0.0909. The number of halogens is 2. The maximum absolute atomic E-state index is 13.6. The zero-order valence-electron chi connectivity index (χ0n) is 16.8. The number of rotatable bonds is 7. The number of benzene rings is 3. The lowest BCUT2D eigenvalue weighted by Gasteiger charge is -2.24. The van der Waals surface area contributed by atoms with E-state index in [9.17, 15) is 22.4 Å². The first-order chi connectivity index (χ1) is 15.2. The minimum atomic E-state index is -4.16. The zero-order valence-corrected chi connectivity index (χ0v) is 18.4.